The van der Waals surface area contributed by atoms with Crippen LogP contribution in [0.5, 0.6) is 0 Å². The van der Waals surface area contributed by atoms with Gasteiger partial charge in [-0.05, 0) is 31.0 Å². The minimum Gasteiger partial charge on any atom is -0.378 e. The average molecular weight is 335 g/mol. The number of benzene rings is 1. The average Bonchev–Trinajstić information content (AvgIpc) is 3.15. The summed E-state index contributed by atoms with van der Waals surface area (Å²) in [6.45, 7) is 0.799. The number of imidazole rings is 1. The minimum atomic E-state index is 0.671. The summed E-state index contributed by atoms with van der Waals surface area (Å²) in [5.41, 5.74) is 3.57. The SMILES string of the molecule is CN(C)c1ccc(Br)cc1NCc1cncn1C1CC1. The molecule has 5 heteroatoms. The number of aromatic nitrogens is 2. The minimum absolute atomic E-state index is 0.671. The first-order valence-corrected chi connectivity index (χ1v) is 7.66. The van der Waals surface area contributed by atoms with Crippen molar-refractivity contribution in [2.45, 2.75) is 25.4 Å². The zero-order valence-electron chi connectivity index (χ0n) is 11.8. The van der Waals surface area contributed by atoms with Gasteiger partial charge in [-0.15, -0.1) is 0 Å². The molecule has 0 aliphatic heterocycles. The van der Waals surface area contributed by atoms with E-state index in [-0.39, 0.29) is 0 Å². The smallest absolute Gasteiger partial charge is 0.0951 e. The fourth-order valence-corrected chi connectivity index (χ4v) is 2.74. The summed E-state index contributed by atoms with van der Waals surface area (Å²) in [7, 11) is 4.12. The Balaban J connectivity index is 1.77. The molecule has 4 nitrogen and oxygen atoms in total. The number of hydrogen-bond acceptors (Lipinski definition) is 3. The highest BCUT2D eigenvalue weighted by Gasteiger charge is 2.25. The number of nitrogens with one attached hydrogen (secondary N) is 1. The molecule has 1 N–H and O–H groups in total. The number of nitrogens with zero attached hydrogens (tertiary/aromatic N) is 3. The van der Waals surface area contributed by atoms with Gasteiger partial charge in [0.15, 0.2) is 0 Å². The van der Waals surface area contributed by atoms with Gasteiger partial charge in [0, 0.05) is 30.8 Å². The van der Waals surface area contributed by atoms with Crippen LogP contribution in [-0.2, 0) is 6.54 Å². The molecule has 0 amide bonds. The molecular weight excluding hydrogens is 316 g/mol. The Hall–Kier alpha value is -1.49. The Labute approximate surface area is 127 Å². The van der Waals surface area contributed by atoms with Crippen LogP contribution in [0.2, 0.25) is 0 Å². The molecule has 1 aliphatic rings. The standard InChI is InChI=1S/C15H19BrN4/c1-19(2)15-6-3-11(16)7-14(15)18-9-13-8-17-10-20(13)12-4-5-12/h3,6-8,10,12,18H,4-5,9H2,1-2H3. The monoisotopic (exact) mass is 334 g/mol. The molecule has 3 rings (SSSR count). The van der Waals surface area contributed by atoms with Crippen LogP contribution in [0.1, 0.15) is 24.6 Å². The van der Waals surface area contributed by atoms with E-state index in [0.717, 1.165) is 16.7 Å². The number of halogens is 1. The molecule has 0 unspecified atom stereocenters. The lowest BCUT2D eigenvalue weighted by Crippen LogP contribution is -2.13. The van der Waals surface area contributed by atoms with Crippen molar-refractivity contribution in [3.63, 3.8) is 0 Å². The lowest BCUT2D eigenvalue weighted by atomic mass is 10.2. The molecular formula is C15H19BrN4. The molecule has 0 spiro atoms. The second-order valence-corrected chi connectivity index (χ2v) is 6.35. The summed E-state index contributed by atoms with van der Waals surface area (Å²) in [6.07, 6.45) is 6.47. The van der Waals surface area contributed by atoms with Crippen molar-refractivity contribution < 1.29 is 0 Å². The third-order valence-electron chi connectivity index (χ3n) is 3.59. The van der Waals surface area contributed by atoms with Crippen molar-refractivity contribution in [2.24, 2.45) is 0 Å². The van der Waals surface area contributed by atoms with Gasteiger partial charge in [-0.2, -0.15) is 0 Å². The summed E-state index contributed by atoms with van der Waals surface area (Å²) in [5, 5.41) is 3.53. The van der Waals surface area contributed by atoms with Gasteiger partial charge in [0.1, 0.15) is 0 Å². The molecule has 0 atom stereocenters. The van der Waals surface area contributed by atoms with Gasteiger partial charge in [0.2, 0.25) is 0 Å². The zero-order chi connectivity index (χ0) is 14.1. The van der Waals surface area contributed by atoms with Gasteiger partial charge in [-0.3, -0.25) is 0 Å². The first-order valence-electron chi connectivity index (χ1n) is 6.86. The fraction of sp³-hybridized carbons (Fsp3) is 0.400. The second kappa shape index (κ2) is 5.48. The maximum Gasteiger partial charge on any atom is 0.0951 e. The largest absolute Gasteiger partial charge is 0.378 e. The molecule has 0 radical (unpaired) electrons. The first kappa shape index (κ1) is 13.5. The maximum absolute atomic E-state index is 4.27. The fourth-order valence-electron chi connectivity index (χ4n) is 2.38. The van der Waals surface area contributed by atoms with Crippen LogP contribution in [0.4, 0.5) is 11.4 Å². The van der Waals surface area contributed by atoms with E-state index in [1.165, 1.54) is 24.2 Å². The van der Waals surface area contributed by atoms with Crippen molar-refractivity contribution in [1.29, 1.82) is 0 Å². The van der Waals surface area contributed by atoms with Gasteiger partial charge < -0.3 is 14.8 Å². The van der Waals surface area contributed by atoms with Crippen LogP contribution in [-0.4, -0.2) is 23.6 Å². The Kier molecular flexibility index (Phi) is 3.70. The normalized spacial score (nSPS) is 14.3. The molecule has 0 bridgehead atoms. The molecule has 2 aromatic rings. The van der Waals surface area contributed by atoms with E-state index in [1.807, 2.05) is 12.5 Å². The van der Waals surface area contributed by atoms with Crippen LogP contribution in [0.25, 0.3) is 0 Å². The van der Waals surface area contributed by atoms with Crippen LogP contribution >= 0.6 is 15.9 Å². The molecule has 1 aliphatic carbocycles. The highest BCUT2D eigenvalue weighted by Crippen LogP contribution is 2.36. The van der Waals surface area contributed by atoms with Crippen LogP contribution in [0.3, 0.4) is 0 Å². The van der Waals surface area contributed by atoms with E-state index in [1.54, 1.807) is 0 Å². The van der Waals surface area contributed by atoms with Crippen molar-refractivity contribution in [1.82, 2.24) is 9.55 Å². The summed E-state index contributed by atoms with van der Waals surface area (Å²) >= 11 is 3.54. The third-order valence-corrected chi connectivity index (χ3v) is 4.08. The van der Waals surface area contributed by atoms with Crippen molar-refractivity contribution in [3.8, 4) is 0 Å². The van der Waals surface area contributed by atoms with E-state index >= 15 is 0 Å². The highest BCUT2D eigenvalue weighted by molar-refractivity contribution is 9.10. The molecule has 0 saturated heterocycles. The van der Waals surface area contributed by atoms with E-state index in [9.17, 15) is 0 Å². The van der Waals surface area contributed by atoms with Crippen LogP contribution in [0, 0.1) is 0 Å². The van der Waals surface area contributed by atoms with Crippen LogP contribution < -0.4 is 10.2 Å². The molecule has 1 heterocycles. The summed E-state index contributed by atoms with van der Waals surface area (Å²) < 4.78 is 3.38. The van der Waals surface area contributed by atoms with Crippen molar-refractivity contribution in [3.05, 3.63) is 40.9 Å². The highest BCUT2D eigenvalue weighted by atomic mass is 79.9. The van der Waals surface area contributed by atoms with E-state index < -0.39 is 0 Å². The zero-order valence-corrected chi connectivity index (χ0v) is 13.4. The summed E-state index contributed by atoms with van der Waals surface area (Å²) in [5.74, 6) is 0. The molecule has 1 aromatic heterocycles. The summed E-state index contributed by atoms with van der Waals surface area (Å²) in [4.78, 5) is 6.39. The van der Waals surface area contributed by atoms with Gasteiger partial charge >= 0.3 is 0 Å². The Morgan fingerprint density at radius 3 is 2.90 bits per heavy atom. The number of rotatable bonds is 5. The Bertz CT molecular complexity index is 602. The van der Waals surface area contributed by atoms with Gasteiger partial charge in [0.05, 0.1) is 29.9 Å². The third kappa shape index (κ3) is 2.82. The maximum atomic E-state index is 4.27. The molecule has 106 valence electrons. The predicted octanol–water partition coefficient (Wildman–Crippen LogP) is 3.66. The molecule has 1 saturated carbocycles. The van der Waals surface area contributed by atoms with Crippen molar-refractivity contribution >= 4 is 27.3 Å². The van der Waals surface area contributed by atoms with Gasteiger partial charge in [0.25, 0.3) is 0 Å². The van der Waals surface area contributed by atoms with E-state index in [0.29, 0.717) is 6.04 Å². The van der Waals surface area contributed by atoms with Crippen LogP contribution in [0.15, 0.2) is 35.2 Å². The topological polar surface area (TPSA) is 33.1 Å². The number of hydrogen-bond donors (Lipinski definition) is 1. The van der Waals surface area contributed by atoms with Crippen molar-refractivity contribution in [2.75, 3.05) is 24.3 Å². The second-order valence-electron chi connectivity index (χ2n) is 5.43. The Morgan fingerprint density at radius 2 is 2.20 bits per heavy atom. The van der Waals surface area contributed by atoms with Gasteiger partial charge in [-0.25, -0.2) is 4.98 Å². The lowest BCUT2D eigenvalue weighted by Gasteiger charge is -2.19. The molecule has 1 fully saturated rings. The van der Waals surface area contributed by atoms with Gasteiger partial charge in [-0.1, -0.05) is 15.9 Å². The summed E-state index contributed by atoms with van der Waals surface area (Å²) in [6, 6.07) is 6.97. The van der Waals surface area contributed by atoms with E-state index in [4.69, 9.17) is 0 Å². The Morgan fingerprint density at radius 1 is 1.40 bits per heavy atom. The molecule has 20 heavy (non-hydrogen) atoms. The number of anilines is 2. The molecule has 1 aromatic carbocycles. The quantitative estimate of drug-likeness (QED) is 0.905. The first-order chi connectivity index (χ1) is 9.65. The predicted molar refractivity (Wildman–Crippen MR) is 86.3 cm³/mol. The lowest BCUT2D eigenvalue weighted by molar-refractivity contribution is 0.701. The van der Waals surface area contributed by atoms with E-state index in [2.05, 4.69) is 68.0 Å².